The van der Waals surface area contributed by atoms with Crippen molar-refractivity contribution in [2.45, 2.75) is 13.5 Å². The molecule has 0 unspecified atom stereocenters. The minimum atomic E-state index is -0.340. The van der Waals surface area contributed by atoms with E-state index in [-0.39, 0.29) is 12.5 Å². The lowest BCUT2D eigenvalue weighted by molar-refractivity contribution is -0.117. The van der Waals surface area contributed by atoms with Crippen molar-refractivity contribution >= 4 is 5.91 Å². The SMILES string of the molecule is Cc1ccc(-c2ccccc2CNCC(N)=O)cc1. The van der Waals surface area contributed by atoms with Gasteiger partial charge in [-0.25, -0.2) is 0 Å². The van der Waals surface area contributed by atoms with Crippen LogP contribution in [0.4, 0.5) is 0 Å². The van der Waals surface area contributed by atoms with Crippen molar-refractivity contribution in [3.63, 3.8) is 0 Å². The number of amides is 1. The largest absolute Gasteiger partial charge is 0.369 e. The number of aryl methyl sites for hydroxylation is 1. The zero-order chi connectivity index (χ0) is 13.7. The van der Waals surface area contributed by atoms with E-state index in [9.17, 15) is 4.79 Å². The maximum Gasteiger partial charge on any atom is 0.231 e. The molecule has 0 aromatic heterocycles. The van der Waals surface area contributed by atoms with Crippen LogP contribution in [-0.2, 0) is 11.3 Å². The van der Waals surface area contributed by atoms with E-state index < -0.39 is 0 Å². The van der Waals surface area contributed by atoms with Gasteiger partial charge in [-0.05, 0) is 23.6 Å². The van der Waals surface area contributed by atoms with E-state index in [1.165, 1.54) is 16.7 Å². The van der Waals surface area contributed by atoms with Crippen LogP contribution in [0.5, 0.6) is 0 Å². The Bertz CT molecular complexity index is 561. The molecule has 98 valence electrons. The first-order valence-electron chi connectivity index (χ1n) is 6.31. The Kier molecular flexibility index (Phi) is 4.31. The number of carbonyl (C=O) groups excluding carboxylic acids is 1. The van der Waals surface area contributed by atoms with Gasteiger partial charge in [0, 0.05) is 6.54 Å². The van der Waals surface area contributed by atoms with Gasteiger partial charge in [0.25, 0.3) is 0 Å². The Morgan fingerprint density at radius 2 is 1.79 bits per heavy atom. The molecular weight excluding hydrogens is 236 g/mol. The molecule has 0 atom stereocenters. The first-order chi connectivity index (χ1) is 9.16. The van der Waals surface area contributed by atoms with Crippen LogP contribution < -0.4 is 11.1 Å². The third-order valence-corrected chi connectivity index (χ3v) is 2.99. The van der Waals surface area contributed by atoms with Crippen molar-refractivity contribution in [1.82, 2.24) is 5.32 Å². The molecule has 0 aliphatic heterocycles. The van der Waals surface area contributed by atoms with E-state index in [4.69, 9.17) is 5.73 Å². The number of hydrogen-bond donors (Lipinski definition) is 2. The molecule has 0 fully saturated rings. The quantitative estimate of drug-likeness (QED) is 0.859. The van der Waals surface area contributed by atoms with E-state index in [0.717, 1.165) is 5.56 Å². The Balaban J connectivity index is 2.20. The molecule has 3 heteroatoms. The van der Waals surface area contributed by atoms with Crippen LogP contribution in [0.25, 0.3) is 11.1 Å². The van der Waals surface area contributed by atoms with Gasteiger partial charge in [-0.15, -0.1) is 0 Å². The fourth-order valence-corrected chi connectivity index (χ4v) is 2.01. The van der Waals surface area contributed by atoms with Crippen LogP contribution in [0, 0.1) is 6.92 Å². The number of rotatable bonds is 5. The summed E-state index contributed by atoms with van der Waals surface area (Å²) in [4.78, 5) is 10.7. The van der Waals surface area contributed by atoms with E-state index in [1.807, 2.05) is 12.1 Å². The van der Waals surface area contributed by atoms with Gasteiger partial charge in [-0.3, -0.25) is 4.79 Å². The predicted octanol–water partition coefficient (Wildman–Crippen LogP) is 2.24. The molecule has 0 spiro atoms. The molecule has 2 aromatic rings. The summed E-state index contributed by atoms with van der Waals surface area (Å²) in [7, 11) is 0. The fourth-order valence-electron chi connectivity index (χ4n) is 2.01. The zero-order valence-electron chi connectivity index (χ0n) is 11.0. The third-order valence-electron chi connectivity index (χ3n) is 2.99. The van der Waals surface area contributed by atoms with Crippen LogP contribution >= 0.6 is 0 Å². The second kappa shape index (κ2) is 6.16. The number of hydrogen-bond acceptors (Lipinski definition) is 2. The van der Waals surface area contributed by atoms with Crippen LogP contribution in [-0.4, -0.2) is 12.5 Å². The second-order valence-corrected chi connectivity index (χ2v) is 4.59. The van der Waals surface area contributed by atoms with Crippen LogP contribution in [0.1, 0.15) is 11.1 Å². The number of benzene rings is 2. The van der Waals surface area contributed by atoms with Gasteiger partial charge >= 0.3 is 0 Å². The van der Waals surface area contributed by atoms with Crippen LogP contribution in [0.3, 0.4) is 0 Å². The molecule has 0 saturated carbocycles. The second-order valence-electron chi connectivity index (χ2n) is 4.59. The van der Waals surface area contributed by atoms with Crippen molar-refractivity contribution in [2.24, 2.45) is 5.73 Å². The fraction of sp³-hybridized carbons (Fsp3) is 0.188. The van der Waals surface area contributed by atoms with Crippen molar-refractivity contribution in [3.05, 3.63) is 59.7 Å². The first-order valence-corrected chi connectivity index (χ1v) is 6.31. The molecule has 3 nitrogen and oxygen atoms in total. The molecule has 0 heterocycles. The van der Waals surface area contributed by atoms with Crippen LogP contribution in [0.2, 0.25) is 0 Å². The van der Waals surface area contributed by atoms with E-state index in [2.05, 4.69) is 48.6 Å². The van der Waals surface area contributed by atoms with E-state index in [1.54, 1.807) is 0 Å². The minimum absolute atomic E-state index is 0.197. The summed E-state index contributed by atoms with van der Waals surface area (Å²) in [6.07, 6.45) is 0. The number of carbonyl (C=O) groups is 1. The summed E-state index contributed by atoms with van der Waals surface area (Å²) in [6, 6.07) is 16.6. The highest BCUT2D eigenvalue weighted by Gasteiger charge is 2.04. The van der Waals surface area contributed by atoms with Crippen molar-refractivity contribution in [3.8, 4) is 11.1 Å². The average Bonchev–Trinajstić information content (AvgIpc) is 2.40. The smallest absolute Gasteiger partial charge is 0.231 e. The maximum atomic E-state index is 10.7. The summed E-state index contributed by atoms with van der Waals surface area (Å²) in [6.45, 7) is 2.90. The predicted molar refractivity (Wildman–Crippen MR) is 77.5 cm³/mol. The number of nitrogens with two attached hydrogens (primary N) is 1. The topological polar surface area (TPSA) is 55.1 Å². The zero-order valence-corrected chi connectivity index (χ0v) is 11.0. The first kappa shape index (κ1) is 13.3. The average molecular weight is 254 g/mol. The molecule has 19 heavy (non-hydrogen) atoms. The van der Waals surface area contributed by atoms with E-state index >= 15 is 0 Å². The molecule has 0 aliphatic rings. The maximum absolute atomic E-state index is 10.7. The molecule has 0 bridgehead atoms. The molecular formula is C16H18N2O. The summed E-state index contributed by atoms with van der Waals surface area (Å²) in [5.41, 5.74) is 9.89. The Morgan fingerprint density at radius 1 is 1.11 bits per heavy atom. The summed E-state index contributed by atoms with van der Waals surface area (Å²) < 4.78 is 0. The minimum Gasteiger partial charge on any atom is -0.369 e. The molecule has 3 N–H and O–H groups in total. The Hall–Kier alpha value is -2.13. The number of nitrogens with one attached hydrogen (secondary N) is 1. The highest BCUT2D eigenvalue weighted by atomic mass is 16.1. The standard InChI is InChI=1S/C16H18N2O/c1-12-6-8-13(9-7-12)15-5-3-2-4-14(15)10-18-11-16(17)19/h2-9,18H,10-11H2,1H3,(H2,17,19). The van der Waals surface area contributed by atoms with Gasteiger partial charge < -0.3 is 11.1 Å². The lowest BCUT2D eigenvalue weighted by Gasteiger charge is -2.10. The highest BCUT2D eigenvalue weighted by molar-refractivity contribution is 5.76. The molecule has 1 amide bonds. The monoisotopic (exact) mass is 254 g/mol. The van der Waals surface area contributed by atoms with Gasteiger partial charge in [0.2, 0.25) is 5.91 Å². The summed E-state index contributed by atoms with van der Waals surface area (Å²) in [5.74, 6) is -0.340. The van der Waals surface area contributed by atoms with Gasteiger partial charge in [0.1, 0.15) is 0 Å². The van der Waals surface area contributed by atoms with Crippen molar-refractivity contribution in [1.29, 1.82) is 0 Å². The van der Waals surface area contributed by atoms with Gasteiger partial charge in [0.05, 0.1) is 6.54 Å². The lowest BCUT2D eigenvalue weighted by atomic mass is 9.99. The summed E-state index contributed by atoms with van der Waals surface area (Å²) >= 11 is 0. The number of primary amides is 1. The molecule has 2 aromatic carbocycles. The van der Waals surface area contributed by atoms with Gasteiger partial charge in [0.15, 0.2) is 0 Å². The summed E-state index contributed by atoms with van der Waals surface area (Å²) in [5, 5.41) is 3.05. The normalized spacial score (nSPS) is 10.4. The molecule has 0 aliphatic carbocycles. The Labute approximate surface area is 113 Å². The van der Waals surface area contributed by atoms with E-state index in [0.29, 0.717) is 6.54 Å². The Morgan fingerprint density at radius 3 is 2.47 bits per heavy atom. The lowest BCUT2D eigenvalue weighted by Crippen LogP contribution is -2.28. The van der Waals surface area contributed by atoms with Gasteiger partial charge in [-0.1, -0.05) is 54.1 Å². The highest BCUT2D eigenvalue weighted by Crippen LogP contribution is 2.23. The van der Waals surface area contributed by atoms with Crippen molar-refractivity contribution in [2.75, 3.05) is 6.54 Å². The third kappa shape index (κ3) is 3.66. The molecule has 0 radical (unpaired) electrons. The van der Waals surface area contributed by atoms with Crippen LogP contribution in [0.15, 0.2) is 48.5 Å². The van der Waals surface area contributed by atoms with Gasteiger partial charge in [-0.2, -0.15) is 0 Å². The molecule has 0 saturated heterocycles. The van der Waals surface area contributed by atoms with Crippen molar-refractivity contribution < 1.29 is 4.79 Å². The molecule has 2 rings (SSSR count).